The standard InChI is InChI=1S/C14H27NO2/c1-4-12-8-6-5-7-10-15(12)11-9-14(2,3)13(16)17/h12H,4-11H2,1-3H3,(H,16,17). The summed E-state index contributed by atoms with van der Waals surface area (Å²) in [5.74, 6) is -0.680. The minimum absolute atomic E-state index is 0.593. The number of carbonyl (C=O) groups is 1. The normalized spacial score (nSPS) is 23.4. The first-order valence-electron chi connectivity index (χ1n) is 6.95. The molecule has 1 fully saturated rings. The zero-order chi connectivity index (χ0) is 12.9. The van der Waals surface area contributed by atoms with Gasteiger partial charge < -0.3 is 10.0 Å². The molecule has 1 aliphatic heterocycles. The first-order chi connectivity index (χ1) is 7.97. The molecule has 0 amide bonds. The second-order valence-corrected chi connectivity index (χ2v) is 5.89. The van der Waals surface area contributed by atoms with Gasteiger partial charge in [0.1, 0.15) is 0 Å². The Labute approximate surface area is 105 Å². The zero-order valence-corrected chi connectivity index (χ0v) is 11.5. The summed E-state index contributed by atoms with van der Waals surface area (Å²) in [7, 11) is 0. The molecule has 0 saturated carbocycles. The summed E-state index contributed by atoms with van der Waals surface area (Å²) in [4.78, 5) is 13.6. The maximum Gasteiger partial charge on any atom is 0.309 e. The van der Waals surface area contributed by atoms with Crippen LogP contribution in [0.2, 0.25) is 0 Å². The Hall–Kier alpha value is -0.570. The lowest BCUT2D eigenvalue weighted by Gasteiger charge is -2.31. The summed E-state index contributed by atoms with van der Waals surface area (Å²) in [5.41, 5.74) is -0.593. The van der Waals surface area contributed by atoms with E-state index in [1.807, 2.05) is 13.8 Å². The van der Waals surface area contributed by atoms with Gasteiger partial charge in [-0.3, -0.25) is 4.79 Å². The minimum atomic E-state index is -0.680. The third-order valence-electron chi connectivity index (χ3n) is 4.07. The van der Waals surface area contributed by atoms with Crippen LogP contribution < -0.4 is 0 Å². The maximum absolute atomic E-state index is 11.1. The van der Waals surface area contributed by atoms with Crippen molar-refractivity contribution in [2.45, 2.75) is 65.3 Å². The Kier molecular flexibility index (Phi) is 5.44. The number of hydrogen-bond donors (Lipinski definition) is 1. The van der Waals surface area contributed by atoms with E-state index in [2.05, 4.69) is 11.8 Å². The molecular weight excluding hydrogens is 214 g/mol. The van der Waals surface area contributed by atoms with Gasteiger partial charge in [-0.05, 0) is 52.6 Å². The van der Waals surface area contributed by atoms with Crippen LogP contribution in [0.25, 0.3) is 0 Å². The zero-order valence-electron chi connectivity index (χ0n) is 11.5. The molecule has 1 unspecified atom stereocenters. The van der Waals surface area contributed by atoms with Crippen LogP contribution in [-0.2, 0) is 4.79 Å². The molecule has 1 rings (SSSR count). The minimum Gasteiger partial charge on any atom is -0.481 e. The first kappa shape index (κ1) is 14.5. The number of carboxylic acids is 1. The van der Waals surface area contributed by atoms with E-state index < -0.39 is 11.4 Å². The van der Waals surface area contributed by atoms with Crippen molar-refractivity contribution in [3.05, 3.63) is 0 Å². The smallest absolute Gasteiger partial charge is 0.309 e. The van der Waals surface area contributed by atoms with Gasteiger partial charge >= 0.3 is 5.97 Å². The lowest BCUT2D eigenvalue weighted by atomic mass is 9.89. The molecule has 0 aliphatic carbocycles. The molecule has 3 nitrogen and oxygen atoms in total. The molecule has 1 N–H and O–H groups in total. The van der Waals surface area contributed by atoms with E-state index >= 15 is 0 Å². The number of hydrogen-bond acceptors (Lipinski definition) is 2. The fourth-order valence-corrected chi connectivity index (χ4v) is 2.52. The van der Waals surface area contributed by atoms with Gasteiger partial charge in [-0.25, -0.2) is 0 Å². The van der Waals surface area contributed by atoms with E-state index in [1.165, 1.54) is 32.1 Å². The average molecular weight is 241 g/mol. The fourth-order valence-electron chi connectivity index (χ4n) is 2.52. The Morgan fingerprint density at radius 3 is 2.65 bits per heavy atom. The quantitative estimate of drug-likeness (QED) is 0.804. The van der Waals surface area contributed by atoms with Gasteiger partial charge in [0.05, 0.1) is 5.41 Å². The van der Waals surface area contributed by atoms with Crippen molar-refractivity contribution < 1.29 is 9.90 Å². The molecule has 100 valence electrons. The van der Waals surface area contributed by atoms with E-state index in [-0.39, 0.29) is 0 Å². The Morgan fingerprint density at radius 1 is 1.35 bits per heavy atom. The average Bonchev–Trinajstić information content (AvgIpc) is 2.50. The summed E-state index contributed by atoms with van der Waals surface area (Å²) >= 11 is 0. The lowest BCUT2D eigenvalue weighted by molar-refractivity contribution is -0.147. The van der Waals surface area contributed by atoms with Crippen LogP contribution >= 0.6 is 0 Å². The Bertz CT molecular complexity index is 251. The third kappa shape index (κ3) is 4.30. The highest BCUT2D eigenvalue weighted by Gasteiger charge is 2.29. The predicted molar refractivity (Wildman–Crippen MR) is 70.2 cm³/mol. The van der Waals surface area contributed by atoms with Crippen LogP contribution in [0.1, 0.15) is 59.3 Å². The highest BCUT2D eigenvalue weighted by atomic mass is 16.4. The summed E-state index contributed by atoms with van der Waals surface area (Å²) in [6.45, 7) is 7.97. The van der Waals surface area contributed by atoms with Crippen molar-refractivity contribution in [3.63, 3.8) is 0 Å². The molecule has 0 aromatic carbocycles. The van der Waals surface area contributed by atoms with Gasteiger partial charge in [0.2, 0.25) is 0 Å². The van der Waals surface area contributed by atoms with Crippen LogP contribution in [-0.4, -0.2) is 35.1 Å². The van der Waals surface area contributed by atoms with Gasteiger partial charge in [0, 0.05) is 6.04 Å². The molecule has 1 saturated heterocycles. The van der Waals surface area contributed by atoms with Crippen molar-refractivity contribution >= 4 is 5.97 Å². The van der Waals surface area contributed by atoms with E-state index in [9.17, 15) is 4.79 Å². The van der Waals surface area contributed by atoms with Crippen molar-refractivity contribution in [1.29, 1.82) is 0 Å². The first-order valence-corrected chi connectivity index (χ1v) is 6.95. The SMILES string of the molecule is CCC1CCCCCN1CCC(C)(C)C(=O)O. The van der Waals surface area contributed by atoms with Crippen molar-refractivity contribution in [1.82, 2.24) is 4.90 Å². The second kappa shape index (κ2) is 6.39. The molecule has 17 heavy (non-hydrogen) atoms. The molecule has 1 heterocycles. The topological polar surface area (TPSA) is 40.5 Å². The monoisotopic (exact) mass is 241 g/mol. The second-order valence-electron chi connectivity index (χ2n) is 5.89. The fraction of sp³-hybridized carbons (Fsp3) is 0.929. The number of aliphatic carboxylic acids is 1. The third-order valence-corrected chi connectivity index (χ3v) is 4.07. The molecule has 3 heteroatoms. The number of nitrogens with zero attached hydrogens (tertiary/aromatic N) is 1. The van der Waals surface area contributed by atoms with Crippen molar-refractivity contribution in [3.8, 4) is 0 Å². The van der Waals surface area contributed by atoms with Crippen LogP contribution in [0, 0.1) is 5.41 Å². The van der Waals surface area contributed by atoms with E-state index in [0.29, 0.717) is 6.04 Å². The molecule has 0 aromatic rings. The van der Waals surface area contributed by atoms with Gasteiger partial charge in [0.25, 0.3) is 0 Å². The molecule has 0 bridgehead atoms. The van der Waals surface area contributed by atoms with Gasteiger partial charge in [-0.1, -0.05) is 19.8 Å². The molecule has 0 radical (unpaired) electrons. The van der Waals surface area contributed by atoms with Gasteiger partial charge in [-0.15, -0.1) is 0 Å². The Balaban J connectivity index is 2.50. The van der Waals surface area contributed by atoms with Crippen LogP contribution in [0.4, 0.5) is 0 Å². The molecule has 0 aromatic heterocycles. The highest BCUT2D eigenvalue weighted by molar-refractivity contribution is 5.73. The number of carboxylic acid groups (broad SMARTS) is 1. The molecule has 1 aliphatic rings. The van der Waals surface area contributed by atoms with Crippen LogP contribution in [0.5, 0.6) is 0 Å². The van der Waals surface area contributed by atoms with E-state index in [1.54, 1.807) is 0 Å². The largest absolute Gasteiger partial charge is 0.481 e. The van der Waals surface area contributed by atoms with E-state index in [4.69, 9.17) is 5.11 Å². The van der Waals surface area contributed by atoms with Crippen molar-refractivity contribution in [2.24, 2.45) is 5.41 Å². The summed E-state index contributed by atoms with van der Waals surface area (Å²) in [6, 6.07) is 0.669. The van der Waals surface area contributed by atoms with Crippen LogP contribution in [0.3, 0.4) is 0 Å². The summed E-state index contributed by atoms with van der Waals surface area (Å²) < 4.78 is 0. The lowest BCUT2D eigenvalue weighted by Crippen LogP contribution is -2.38. The van der Waals surface area contributed by atoms with Gasteiger partial charge in [0.15, 0.2) is 0 Å². The molecular formula is C14H27NO2. The Morgan fingerprint density at radius 2 is 2.06 bits per heavy atom. The summed E-state index contributed by atoms with van der Waals surface area (Å²) in [6.07, 6.45) is 7.15. The van der Waals surface area contributed by atoms with Crippen LogP contribution in [0.15, 0.2) is 0 Å². The maximum atomic E-state index is 11.1. The number of rotatable bonds is 5. The van der Waals surface area contributed by atoms with E-state index in [0.717, 1.165) is 19.5 Å². The predicted octanol–water partition coefficient (Wildman–Crippen LogP) is 3.14. The summed E-state index contributed by atoms with van der Waals surface area (Å²) in [5, 5.41) is 9.13. The number of likely N-dealkylation sites (tertiary alicyclic amines) is 1. The molecule has 0 spiro atoms. The van der Waals surface area contributed by atoms with Crippen molar-refractivity contribution in [2.75, 3.05) is 13.1 Å². The highest BCUT2D eigenvalue weighted by Crippen LogP contribution is 2.24. The van der Waals surface area contributed by atoms with Gasteiger partial charge in [-0.2, -0.15) is 0 Å². The molecule has 1 atom stereocenters.